The highest BCUT2D eigenvalue weighted by Crippen LogP contribution is 2.28. The largest absolute Gasteiger partial charge is 0.317 e. The van der Waals surface area contributed by atoms with Crippen LogP contribution < -0.4 is 5.32 Å². The van der Waals surface area contributed by atoms with Crippen LogP contribution in [0.15, 0.2) is 6.07 Å². The maximum Gasteiger partial charge on any atom is 0.0514 e. The number of nitrogens with zero attached hydrogens (tertiary/aromatic N) is 1. The fraction of sp³-hybridized carbons (Fsp3) is 0.667. The summed E-state index contributed by atoms with van der Waals surface area (Å²) in [7, 11) is 0. The van der Waals surface area contributed by atoms with Crippen LogP contribution >= 0.6 is 11.5 Å². The number of rotatable bonds is 1. The van der Waals surface area contributed by atoms with Gasteiger partial charge in [0.05, 0.1) is 5.69 Å². The maximum absolute atomic E-state index is 4.31. The minimum atomic E-state index is 0.775. The lowest BCUT2D eigenvalue weighted by atomic mass is 9.96. The molecule has 2 nitrogen and oxygen atoms in total. The quantitative estimate of drug-likeness (QED) is 0.717. The van der Waals surface area contributed by atoms with Gasteiger partial charge in [0.2, 0.25) is 0 Å². The van der Waals surface area contributed by atoms with Gasteiger partial charge in [0.25, 0.3) is 0 Å². The van der Waals surface area contributed by atoms with Crippen molar-refractivity contribution in [3.05, 3.63) is 16.6 Å². The van der Waals surface area contributed by atoms with Crippen LogP contribution in [-0.4, -0.2) is 17.5 Å². The fourth-order valence-corrected chi connectivity index (χ4v) is 2.59. The van der Waals surface area contributed by atoms with Crippen LogP contribution in [0.4, 0.5) is 0 Å². The van der Waals surface area contributed by atoms with E-state index in [1.54, 1.807) is 11.5 Å². The van der Waals surface area contributed by atoms with E-state index in [2.05, 4.69) is 22.7 Å². The molecular weight excluding hydrogens is 168 g/mol. The van der Waals surface area contributed by atoms with E-state index in [9.17, 15) is 0 Å². The first-order valence-corrected chi connectivity index (χ1v) is 5.27. The van der Waals surface area contributed by atoms with Crippen molar-refractivity contribution in [3.63, 3.8) is 0 Å². The molecule has 0 spiro atoms. The molecule has 3 heteroatoms. The Kier molecular flexibility index (Phi) is 2.42. The molecule has 1 aromatic heterocycles. The van der Waals surface area contributed by atoms with Crippen LogP contribution in [-0.2, 0) is 0 Å². The lowest BCUT2D eigenvalue weighted by molar-refractivity contribution is 0.465. The van der Waals surface area contributed by atoms with Gasteiger partial charge in [0.1, 0.15) is 0 Å². The highest BCUT2D eigenvalue weighted by Gasteiger charge is 2.16. The van der Waals surface area contributed by atoms with Gasteiger partial charge in [-0.05, 0) is 56.4 Å². The van der Waals surface area contributed by atoms with Gasteiger partial charge in [-0.3, -0.25) is 0 Å². The zero-order valence-electron chi connectivity index (χ0n) is 7.34. The third kappa shape index (κ3) is 1.67. The first-order chi connectivity index (χ1) is 5.86. The average molecular weight is 182 g/mol. The van der Waals surface area contributed by atoms with Gasteiger partial charge in [0, 0.05) is 4.88 Å². The predicted octanol–water partition coefficient (Wildman–Crippen LogP) is 1.92. The Morgan fingerprint density at radius 1 is 1.50 bits per heavy atom. The van der Waals surface area contributed by atoms with Crippen molar-refractivity contribution < 1.29 is 0 Å². The second kappa shape index (κ2) is 3.54. The molecule has 0 atom stereocenters. The van der Waals surface area contributed by atoms with E-state index in [1.807, 2.05) is 0 Å². The third-order valence-electron chi connectivity index (χ3n) is 2.39. The highest BCUT2D eigenvalue weighted by molar-refractivity contribution is 7.05. The molecule has 2 rings (SSSR count). The monoisotopic (exact) mass is 182 g/mol. The summed E-state index contributed by atoms with van der Waals surface area (Å²) < 4.78 is 4.31. The SMILES string of the molecule is Cc1cc(C2CCNCC2)sn1. The molecule has 1 saturated heterocycles. The Morgan fingerprint density at radius 3 is 2.83 bits per heavy atom. The maximum atomic E-state index is 4.31. The molecule has 1 fully saturated rings. The van der Waals surface area contributed by atoms with E-state index < -0.39 is 0 Å². The summed E-state index contributed by atoms with van der Waals surface area (Å²) in [5, 5.41) is 3.38. The van der Waals surface area contributed by atoms with Gasteiger partial charge in [-0.1, -0.05) is 0 Å². The van der Waals surface area contributed by atoms with Crippen molar-refractivity contribution in [2.75, 3.05) is 13.1 Å². The molecule has 0 radical (unpaired) electrons. The molecule has 0 saturated carbocycles. The van der Waals surface area contributed by atoms with Crippen molar-refractivity contribution in [1.82, 2.24) is 9.69 Å². The summed E-state index contributed by atoms with van der Waals surface area (Å²) >= 11 is 1.68. The summed E-state index contributed by atoms with van der Waals surface area (Å²) in [4.78, 5) is 1.48. The molecule has 0 unspecified atom stereocenters. The van der Waals surface area contributed by atoms with Gasteiger partial charge in [-0.15, -0.1) is 0 Å². The van der Waals surface area contributed by atoms with Crippen LogP contribution in [0.5, 0.6) is 0 Å². The van der Waals surface area contributed by atoms with Crippen LogP contribution in [0.2, 0.25) is 0 Å². The molecule has 0 amide bonds. The van der Waals surface area contributed by atoms with Crippen LogP contribution in [0.1, 0.15) is 29.3 Å². The summed E-state index contributed by atoms with van der Waals surface area (Å²) in [6.07, 6.45) is 2.56. The molecule has 0 aliphatic carbocycles. The number of piperidine rings is 1. The topological polar surface area (TPSA) is 24.9 Å². The van der Waals surface area contributed by atoms with E-state index in [0.29, 0.717) is 0 Å². The van der Waals surface area contributed by atoms with Gasteiger partial charge < -0.3 is 5.32 Å². The first-order valence-electron chi connectivity index (χ1n) is 4.50. The van der Waals surface area contributed by atoms with Gasteiger partial charge >= 0.3 is 0 Å². The van der Waals surface area contributed by atoms with Crippen molar-refractivity contribution in [3.8, 4) is 0 Å². The fourth-order valence-electron chi connectivity index (χ4n) is 1.68. The van der Waals surface area contributed by atoms with E-state index in [1.165, 1.54) is 36.5 Å². The summed E-state index contributed by atoms with van der Waals surface area (Å²) in [5.41, 5.74) is 1.17. The lowest BCUT2D eigenvalue weighted by Crippen LogP contribution is -2.26. The molecule has 1 N–H and O–H groups in total. The smallest absolute Gasteiger partial charge is 0.0514 e. The molecule has 0 aromatic carbocycles. The summed E-state index contributed by atoms with van der Waals surface area (Å²) in [5.74, 6) is 0.775. The lowest BCUT2D eigenvalue weighted by Gasteiger charge is -2.20. The Labute approximate surface area is 77.2 Å². The summed E-state index contributed by atoms with van der Waals surface area (Å²) in [6.45, 7) is 4.41. The predicted molar refractivity (Wildman–Crippen MR) is 51.7 cm³/mol. The number of hydrogen-bond donors (Lipinski definition) is 1. The van der Waals surface area contributed by atoms with Crippen molar-refractivity contribution >= 4 is 11.5 Å². The standard InChI is InChI=1S/C9H14N2S/c1-7-6-9(12-11-7)8-2-4-10-5-3-8/h6,8,10H,2-5H2,1H3. The van der Waals surface area contributed by atoms with E-state index in [-0.39, 0.29) is 0 Å². The molecular formula is C9H14N2S. The number of aromatic nitrogens is 1. The number of nitrogens with one attached hydrogen (secondary N) is 1. The average Bonchev–Trinajstić information content (AvgIpc) is 2.54. The van der Waals surface area contributed by atoms with Crippen molar-refractivity contribution in [1.29, 1.82) is 0 Å². The Hall–Kier alpha value is -0.410. The molecule has 0 bridgehead atoms. The van der Waals surface area contributed by atoms with Gasteiger partial charge in [0.15, 0.2) is 0 Å². The zero-order valence-corrected chi connectivity index (χ0v) is 8.16. The second-order valence-electron chi connectivity index (χ2n) is 3.39. The molecule has 1 aliphatic rings. The number of aryl methyl sites for hydroxylation is 1. The van der Waals surface area contributed by atoms with E-state index >= 15 is 0 Å². The highest BCUT2D eigenvalue weighted by atomic mass is 32.1. The first kappa shape index (κ1) is 8.20. The molecule has 66 valence electrons. The second-order valence-corrected chi connectivity index (χ2v) is 4.23. The third-order valence-corrected chi connectivity index (χ3v) is 3.43. The van der Waals surface area contributed by atoms with Gasteiger partial charge in [-0.2, -0.15) is 4.37 Å². The van der Waals surface area contributed by atoms with Crippen molar-refractivity contribution in [2.24, 2.45) is 0 Å². The Bertz CT molecular complexity index is 251. The van der Waals surface area contributed by atoms with Gasteiger partial charge in [-0.25, -0.2) is 0 Å². The van der Waals surface area contributed by atoms with E-state index in [4.69, 9.17) is 0 Å². The summed E-state index contributed by atoms with van der Waals surface area (Å²) in [6, 6.07) is 2.24. The minimum Gasteiger partial charge on any atom is -0.317 e. The van der Waals surface area contributed by atoms with Crippen LogP contribution in [0.3, 0.4) is 0 Å². The Morgan fingerprint density at radius 2 is 2.25 bits per heavy atom. The molecule has 12 heavy (non-hydrogen) atoms. The van der Waals surface area contributed by atoms with Crippen LogP contribution in [0.25, 0.3) is 0 Å². The minimum absolute atomic E-state index is 0.775. The normalized spacial score (nSPS) is 19.8. The molecule has 1 aromatic rings. The molecule has 1 aliphatic heterocycles. The van der Waals surface area contributed by atoms with Crippen LogP contribution in [0, 0.1) is 6.92 Å². The van der Waals surface area contributed by atoms with E-state index in [0.717, 1.165) is 5.92 Å². The Balaban J connectivity index is 2.08. The molecule has 2 heterocycles. The number of hydrogen-bond acceptors (Lipinski definition) is 3. The zero-order chi connectivity index (χ0) is 8.39. The van der Waals surface area contributed by atoms with Crippen molar-refractivity contribution in [2.45, 2.75) is 25.7 Å².